The van der Waals surface area contributed by atoms with Crippen molar-refractivity contribution in [2.75, 3.05) is 11.1 Å². The molecule has 3 N–H and O–H groups in total. The quantitative estimate of drug-likeness (QED) is 0.895. The largest absolute Gasteiger partial charge is 0.375 e. The van der Waals surface area contributed by atoms with E-state index >= 15 is 0 Å². The van der Waals surface area contributed by atoms with Crippen molar-refractivity contribution in [2.24, 2.45) is 0 Å². The van der Waals surface area contributed by atoms with Gasteiger partial charge in [0.2, 0.25) is 0 Å². The van der Waals surface area contributed by atoms with Gasteiger partial charge in [0.25, 0.3) is 5.91 Å². The second kappa shape index (κ2) is 4.63. The molecule has 0 saturated heterocycles. The SMILES string of the molecule is Nc1nc(C(=O)Nc2ccccc2)c(Br)s1. The number of anilines is 2. The minimum Gasteiger partial charge on any atom is -0.375 e. The molecule has 1 aromatic carbocycles. The molecule has 2 aromatic rings. The molecule has 0 bridgehead atoms. The van der Waals surface area contributed by atoms with Crippen molar-refractivity contribution >= 4 is 44.0 Å². The predicted octanol–water partition coefficient (Wildman–Crippen LogP) is 2.74. The Kier molecular flexibility index (Phi) is 3.21. The van der Waals surface area contributed by atoms with Crippen molar-refractivity contribution in [3.8, 4) is 0 Å². The van der Waals surface area contributed by atoms with Gasteiger partial charge in [0.15, 0.2) is 10.8 Å². The van der Waals surface area contributed by atoms with Crippen LogP contribution in [0.4, 0.5) is 10.8 Å². The van der Waals surface area contributed by atoms with Gasteiger partial charge in [0.05, 0.1) is 0 Å². The van der Waals surface area contributed by atoms with Gasteiger partial charge in [-0.1, -0.05) is 29.5 Å². The Morgan fingerprint density at radius 2 is 2.06 bits per heavy atom. The molecule has 82 valence electrons. The summed E-state index contributed by atoms with van der Waals surface area (Å²) in [5.41, 5.74) is 6.55. The van der Waals surface area contributed by atoms with Crippen molar-refractivity contribution in [2.45, 2.75) is 0 Å². The van der Waals surface area contributed by atoms with Gasteiger partial charge in [-0.25, -0.2) is 4.98 Å². The summed E-state index contributed by atoms with van der Waals surface area (Å²) in [6.45, 7) is 0. The summed E-state index contributed by atoms with van der Waals surface area (Å²) in [6, 6.07) is 9.19. The predicted molar refractivity (Wildman–Crippen MR) is 68.6 cm³/mol. The van der Waals surface area contributed by atoms with Gasteiger partial charge in [-0.05, 0) is 28.1 Å². The van der Waals surface area contributed by atoms with Gasteiger partial charge in [0, 0.05) is 5.69 Å². The van der Waals surface area contributed by atoms with Crippen LogP contribution >= 0.6 is 27.3 Å². The monoisotopic (exact) mass is 297 g/mol. The Morgan fingerprint density at radius 1 is 1.38 bits per heavy atom. The number of para-hydroxylation sites is 1. The van der Waals surface area contributed by atoms with Crippen LogP contribution in [0.25, 0.3) is 0 Å². The van der Waals surface area contributed by atoms with Crippen molar-refractivity contribution in [1.29, 1.82) is 0 Å². The Labute approximate surface area is 105 Å². The highest BCUT2D eigenvalue weighted by Crippen LogP contribution is 2.26. The lowest BCUT2D eigenvalue weighted by Gasteiger charge is -2.02. The molecule has 6 heteroatoms. The summed E-state index contributed by atoms with van der Waals surface area (Å²) in [5, 5.41) is 3.10. The molecule has 0 saturated carbocycles. The van der Waals surface area contributed by atoms with Crippen LogP contribution in [0.1, 0.15) is 10.5 Å². The number of hydrogen-bond donors (Lipinski definition) is 2. The van der Waals surface area contributed by atoms with Crippen molar-refractivity contribution in [3.63, 3.8) is 0 Å². The van der Waals surface area contributed by atoms with Crippen LogP contribution < -0.4 is 11.1 Å². The Morgan fingerprint density at radius 3 is 2.62 bits per heavy atom. The Bertz CT molecular complexity index is 512. The molecular formula is C10H8BrN3OS. The first-order valence-electron chi connectivity index (χ1n) is 4.45. The van der Waals surface area contributed by atoms with E-state index in [4.69, 9.17) is 5.73 Å². The fourth-order valence-electron chi connectivity index (χ4n) is 1.17. The molecule has 0 unspecified atom stereocenters. The van der Waals surface area contributed by atoms with E-state index in [-0.39, 0.29) is 5.91 Å². The highest BCUT2D eigenvalue weighted by molar-refractivity contribution is 9.11. The van der Waals surface area contributed by atoms with Crippen LogP contribution in [-0.2, 0) is 0 Å². The minimum absolute atomic E-state index is 0.272. The van der Waals surface area contributed by atoms with Crippen LogP contribution in [-0.4, -0.2) is 10.9 Å². The average Bonchev–Trinajstić information content (AvgIpc) is 2.59. The first-order valence-corrected chi connectivity index (χ1v) is 6.06. The maximum Gasteiger partial charge on any atom is 0.276 e. The Hall–Kier alpha value is -1.40. The number of nitrogens with zero attached hydrogens (tertiary/aromatic N) is 1. The van der Waals surface area contributed by atoms with Crippen LogP contribution in [0.2, 0.25) is 0 Å². The average molecular weight is 298 g/mol. The van der Waals surface area contributed by atoms with E-state index in [9.17, 15) is 4.79 Å². The van der Waals surface area contributed by atoms with Crippen molar-refractivity contribution in [3.05, 3.63) is 39.8 Å². The third-order valence-corrected chi connectivity index (χ3v) is 3.38. The summed E-state index contributed by atoms with van der Waals surface area (Å²) >= 11 is 4.48. The number of hydrogen-bond acceptors (Lipinski definition) is 4. The molecule has 0 fully saturated rings. The third-order valence-electron chi connectivity index (χ3n) is 1.85. The number of carbonyl (C=O) groups excluding carboxylic acids is 1. The maximum atomic E-state index is 11.8. The number of halogens is 1. The molecule has 0 radical (unpaired) electrons. The van der Waals surface area contributed by atoms with E-state index in [0.717, 1.165) is 5.69 Å². The molecule has 0 aliphatic carbocycles. The molecule has 0 aliphatic heterocycles. The number of benzene rings is 1. The lowest BCUT2D eigenvalue weighted by Crippen LogP contribution is -2.12. The third kappa shape index (κ3) is 2.40. The van der Waals surface area contributed by atoms with Gasteiger partial charge in [-0.15, -0.1) is 0 Å². The number of carbonyl (C=O) groups is 1. The minimum atomic E-state index is -0.272. The molecule has 0 atom stereocenters. The number of rotatable bonds is 2. The summed E-state index contributed by atoms with van der Waals surface area (Å²) < 4.78 is 0.637. The van der Waals surface area contributed by atoms with Crippen LogP contribution in [0, 0.1) is 0 Å². The Balaban J connectivity index is 2.18. The van der Waals surface area contributed by atoms with Gasteiger partial charge in [-0.2, -0.15) is 0 Å². The highest BCUT2D eigenvalue weighted by atomic mass is 79.9. The van der Waals surface area contributed by atoms with Crippen molar-refractivity contribution in [1.82, 2.24) is 4.98 Å². The highest BCUT2D eigenvalue weighted by Gasteiger charge is 2.15. The molecule has 1 aromatic heterocycles. The van der Waals surface area contributed by atoms with E-state index in [1.807, 2.05) is 30.3 Å². The van der Waals surface area contributed by atoms with Crippen LogP contribution in [0.3, 0.4) is 0 Å². The number of aromatic nitrogens is 1. The zero-order valence-electron chi connectivity index (χ0n) is 8.11. The van der Waals surface area contributed by atoms with Gasteiger partial charge in [0.1, 0.15) is 3.79 Å². The molecule has 16 heavy (non-hydrogen) atoms. The fraction of sp³-hybridized carbons (Fsp3) is 0. The number of nitrogens with two attached hydrogens (primary N) is 1. The fourth-order valence-corrected chi connectivity index (χ4v) is 2.49. The van der Waals surface area contributed by atoms with E-state index in [2.05, 4.69) is 26.2 Å². The molecule has 0 aliphatic rings. The molecule has 4 nitrogen and oxygen atoms in total. The van der Waals surface area contributed by atoms with Gasteiger partial charge >= 0.3 is 0 Å². The molecule has 1 heterocycles. The number of nitrogen functional groups attached to an aromatic ring is 1. The lowest BCUT2D eigenvalue weighted by atomic mass is 10.3. The number of thiazole rings is 1. The summed E-state index contributed by atoms with van der Waals surface area (Å²) in [7, 11) is 0. The van der Waals surface area contributed by atoms with Crippen LogP contribution in [0.5, 0.6) is 0 Å². The zero-order valence-corrected chi connectivity index (χ0v) is 10.5. The molecular weight excluding hydrogens is 290 g/mol. The topological polar surface area (TPSA) is 68.0 Å². The molecule has 1 amide bonds. The van der Waals surface area contributed by atoms with Gasteiger partial charge < -0.3 is 11.1 Å². The van der Waals surface area contributed by atoms with Crippen molar-refractivity contribution < 1.29 is 4.79 Å². The zero-order chi connectivity index (χ0) is 11.5. The van der Waals surface area contributed by atoms with E-state index in [1.54, 1.807) is 0 Å². The smallest absolute Gasteiger partial charge is 0.276 e. The number of amides is 1. The second-order valence-corrected chi connectivity index (χ2v) is 5.34. The summed E-state index contributed by atoms with van der Waals surface area (Å²) in [6.07, 6.45) is 0. The first-order chi connectivity index (χ1) is 7.66. The lowest BCUT2D eigenvalue weighted by molar-refractivity contribution is 0.102. The number of nitrogens with one attached hydrogen (secondary N) is 1. The first kappa shape index (κ1) is 11.1. The summed E-state index contributed by atoms with van der Waals surface area (Å²) in [4.78, 5) is 15.7. The second-order valence-electron chi connectivity index (χ2n) is 2.99. The van der Waals surface area contributed by atoms with E-state index < -0.39 is 0 Å². The maximum absolute atomic E-state index is 11.8. The van der Waals surface area contributed by atoms with Crippen LogP contribution in [0.15, 0.2) is 34.1 Å². The normalized spacial score (nSPS) is 10.1. The molecule has 0 spiro atoms. The molecule has 2 rings (SSSR count). The standard InChI is InChI=1S/C10H8BrN3OS/c11-8-7(14-10(12)16-8)9(15)13-6-4-2-1-3-5-6/h1-5H,(H2,12,14)(H,13,15). The van der Waals surface area contributed by atoms with E-state index in [1.165, 1.54) is 11.3 Å². The van der Waals surface area contributed by atoms with E-state index in [0.29, 0.717) is 14.6 Å². The van der Waals surface area contributed by atoms with Gasteiger partial charge in [-0.3, -0.25) is 4.79 Å². The summed E-state index contributed by atoms with van der Waals surface area (Å²) in [5.74, 6) is -0.272.